The third kappa shape index (κ3) is 2.70. The highest BCUT2D eigenvalue weighted by Crippen LogP contribution is 2.76. The van der Waals surface area contributed by atoms with Gasteiger partial charge in [0.2, 0.25) is 0 Å². The summed E-state index contributed by atoms with van der Waals surface area (Å²) in [5.74, 6) is 2.73. The molecule has 0 aliphatic heterocycles. The molecule has 0 aromatic heterocycles. The number of carbonyl (C=O) groups is 1. The summed E-state index contributed by atoms with van der Waals surface area (Å²) in [6, 6.07) is 0. The Morgan fingerprint density at radius 3 is 2.10 bits per heavy atom. The molecule has 0 amide bonds. The quantitative estimate of drug-likeness (QED) is 0.357. The number of carbonyl (C=O) groups excluding carboxylic acids is 1. The largest absolute Gasteiger partial charge is 0.299 e. The van der Waals surface area contributed by atoms with Gasteiger partial charge in [0.25, 0.3) is 0 Å². The molecule has 0 aromatic carbocycles. The Bertz CT molecular complexity index is 831. The summed E-state index contributed by atoms with van der Waals surface area (Å²) >= 11 is 0. The van der Waals surface area contributed by atoms with E-state index in [4.69, 9.17) is 0 Å². The number of allylic oxidation sites excluding steroid dienone is 2. The highest BCUT2D eigenvalue weighted by Gasteiger charge is 2.69. The average molecular weight is 425 g/mol. The van der Waals surface area contributed by atoms with Crippen molar-refractivity contribution < 1.29 is 4.79 Å². The van der Waals surface area contributed by atoms with Crippen molar-refractivity contribution in [2.24, 2.45) is 50.2 Å². The maximum Gasteiger partial charge on any atom is 0.142 e. The summed E-state index contributed by atoms with van der Waals surface area (Å²) < 4.78 is 0. The van der Waals surface area contributed by atoms with Gasteiger partial charge in [-0.3, -0.25) is 4.79 Å². The number of hydrogen-bond donors (Lipinski definition) is 0. The zero-order chi connectivity index (χ0) is 22.7. The number of ketones is 1. The van der Waals surface area contributed by atoms with E-state index >= 15 is 0 Å². The van der Waals surface area contributed by atoms with E-state index in [2.05, 4.69) is 61.5 Å². The van der Waals surface area contributed by atoms with Gasteiger partial charge in [-0.1, -0.05) is 53.2 Å². The van der Waals surface area contributed by atoms with Crippen molar-refractivity contribution in [2.75, 3.05) is 0 Å². The summed E-state index contributed by atoms with van der Waals surface area (Å²) in [4.78, 5) is 12.8. The molecule has 0 heterocycles. The molecule has 0 radical (unpaired) electrons. The predicted octanol–water partition coefficient (Wildman–Crippen LogP) is 8.38. The topological polar surface area (TPSA) is 17.1 Å². The highest BCUT2D eigenvalue weighted by molar-refractivity contribution is 5.88. The lowest BCUT2D eigenvalue weighted by molar-refractivity contribution is -0.229. The van der Waals surface area contributed by atoms with Gasteiger partial charge in [-0.25, -0.2) is 0 Å². The molecule has 0 bridgehead atoms. The fourth-order valence-corrected chi connectivity index (χ4v) is 10.3. The molecular formula is C30H48O. The molecule has 0 spiro atoms. The summed E-state index contributed by atoms with van der Waals surface area (Å²) in [6.45, 7) is 20.2. The highest BCUT2D eigenvalue weighted by atomic mass is 16.1. The van der Waals surface area contributed by atoms with Crippen LogP contribution in [-0.2, 0) is 4.79 Å². The van der Waals surface area contributed by atoms with Gasteiger partial charge in [0.15, 0.2) is 0 Å². The third-order valence-electron chi connectivity index (χ3n) is 12.8. The number of rotatable bonds is 0. The molecule has 5 aliphatic rings. The van der Waals surface area contributed by atoms with Crippen molar-refractivity contribution in [1.29, 1.82) is 0 Å². The molecule has 0 saturated heterocycles. The molecular weight excluding hydrogens is 376 g/mol. The van der Waals surface area contributed by atoms with E-state index in [1.807, 2.05) is 0 Å². The minimum atomic E-state index is -0.239. The lowest BCUT2D eigenvalue weighted by Crippen LogP contribution is -2.65. The molecule has 4 fully saturated rings. The van der Waals surface area contributed by atoms with Crippen LogP contribution in [0.1, 0.15) is 120 Å². The van der Waals surface area contributed by atoms with Crippen molar-refractivity contribution in [1.82, 2.24) is 0 Å². The minimum Gasteiger partial charge on any atom is -0.299 e. The van der Waals surface area contributed by atoms with Crippen LogP contribution in [0.25, 0.3) is 0 Å². The maximum absolute atomic E-state index is 12.8. The van der Waals surface area contributed by atoms with E-state index in [1.54, 1.807) is 0 Å². The van der Waals surface area contributed by atoms with Crippen molar-refractivity contribution in [2.45, 2.75) is 120 Å². The first-order valence-corrected chi connectivity index (χ1v) is 13.4. The number of Topliss-reactive ketones (excluding diaryl/α,β-unsaturated/α-hetero) is 1. The van der Waals surface area contributed by atoms with Gasteiger partial charge in [-0.05, 0) is 116 Å². The number of hydrogen-bond acceptors (Lipinski definition) is 1. The zero-order valence-electron chi connectivity index (χ0n) is 21.8. The SMILES string of the molecule is CC1(C)CC[C@]2(C)CC[C@]3(C)[C@H]4CC=C5[C@H](CCC(=O)C5(C)C)[C@]4(C)CC[C@@]3(C)[C@@H]2C1. The van der Waals surface area contributed by atoms with Gasteiger partial charge < -0.3 is 0 Å². The molecule has 0 unspecified atom stereocenters. The van der Waals surface area contributed by atoms with E-state index in [-0.39, 0.29) is 5.41 Å². The molecule has 4 saturated carbocycles. The first kappa shape index (κ1) is 22.2. The Hall–Kier alpha value is -0.590. The lowest BCUT2D eigenvalue weighted by atomic mass is 9.31. The molecule has 5 aliphatic carbocycles. The second-order valence-corrected chi connectivity index (χ2v) is 15.0. The van der Waals surface area contributed by atoms with E-state index in [9.17, 15) is 4.79 Å². The number of fused-ring (bicyclic) bond motifs is 7. The van der Waals surface area contributed by atoms with Gasteiger partial charge in [0.1, 0.15) is 5.78 Å². The second kappa shape index (κ2) is 6.29. The molecule has 0 N–H and O–H groups in total. The first-order valence-electron chi connectivity index (χ1n) is 13.4. The van der Waals surface area contributed by atoms with Crippen molar-refractivity contribution in [3.63, 3.8) is 0 Å². The standard InChI is InChI=1S/C30H48O/c1-25(2)13-14-27(5)15-17-29(7)22-11-9-20-21(10-12-24(31)26(20,3)4)28(22,6)16-18-30(29,8)23(27)19-25/h9,21-23H,10-19H2,1-8H3/t21-,22-,23+,27+,28-,29+,30-/m0/s1. The smallest absolute Gasteiger partial charge is 0.142 e. The summed E-state index contributed by atoms with van der Waals surface area (Å²) in [5, 5.41) is 0. The van der Waals surface area contributed by atoms with Crippen molar-refractivity contribution >= 4 is 5.78 Å². The normalized spacial score (nSPS) is 52.8. The van der Waals surface area contributed by atoms with Crippen LogP contribution in [0, 0.1) is 50.2 Å². The van der Waals surface area contributed by atoms with Crippen LogP contribution in [-0.4, -0.2) is 5.78 Å². The van der Waals surface area contributed by atoms with E-state index in [0.29, 0.717) is 38.8 Å². The molecule has 0 aromatic rings. The van der Waals surface area contributed by atoms with Crippen LogP contribution >= 0.6 is 0 Å². The monoisotopic (exact) mass is 424 g/mol. The third-order valence-corrected chi connectivity index (χ3v) is 12.8. The zero-order valence-corrected chi connectivity index (χ0v) is 21.8. The Morgan fingerprint density at radius 1 is 0.774 bits per heavy atom. The average Bonchev–Trinajstić information content (AvgIpc) is 2.68. The van der Waals surface area contributed by atoms with Crippen LogP contribution in [0.15, 0.2) is 11.6 Å². The molecule has 1 heteroatoms. The van der Waals surface area contributed by atoms with Crippen molar-refractivity contribution in [3.05, 3.63) is 11.6 Å². The maximum atomic E-state index is 12.8. The van der Waals surface area contributed by atoms with Gasteiger partial charge in [-0.2, -0.15) is 0 Å². The molecule has 7 atom stereocenters. The van der Waals surface area contributed by atoms with E-state index < -0.39 is 0 Å². The molecule has 31 heavy (non-hydrogen) atoms. The van der Waals surface area contributed by atoms with E-state index in [1.165, 1.54) is 56.9 Å². The van der Waals surface area contributed by atoms with Crippen LogP contribution in [0.5, 0.6) is 0 Å². The van der Waals surface area contributed by atoms with Crippen LogP contribution < -0.4 is 0 Å². The molecule has 5 rings (SSSR count). The fourth-order valence-electron chi connectivity index (χ4n) is 10.3. The summed E-state index contributed by atoms with van der Waals surface area (Å²) in [7, 11) is 0. The molecule has 1 nitrogen and oxygen atoms in total. The molecule has 174 valence electrons. The Labute approximate surface area is 192 Å². The van der Waals surface area contributed by atoms with Gasteiger partial charge >= 0.3 is 0 Å². The van der Waals surface area contributed by atoms with Gasteiger partial charge in [0.05, 0.1) is 0 Å². The van der Waals surface area contributed by atoms with Gasteiger partial charge in [-0.15, -0.1) is 0 Å². The Morgan fingerprint density at radius 2 is 1.39 bits per heavy atom. The van der Waals surface area contributed by atoms with Gasteiger partial charge in [0, 0.05) is 11.8 Å². The second-order valence-electron chi connectivity index (χ2n) is 15.0. The Balaban J connectivity index is 1.57. The van der Waals surface area contributed by atoms with Crippen molar-refractivity contribution in [3.8, 4) is 0 Å². The minimum absolute atomic E-state index is 0.239. The fraction of sp³-hybridized carbons (Fsp3) is 0.900. The Kier molecular flexibility index (Phi) is 4.51. The predicted molar refractivity (Wildman–Crippen MR) is 130 cm³/mol. The first-order chi connectivity index (χ1) is 14.2. The summed E-state index contributed by atoms with van der Waals surface area (Å²) in [6.07, 6.45) is 15.5. The van der Waals surface area contributed by atoms with Crippen LogP contribution in [0.2, 0.25) is 0 Å². The van der Waals surface area contributed by atoms with Crippen LogP contribution in [0.4, 0.5) is 0 Å². The summed E-state index contributed by atoms with van der Waals surface area (Å²) in [5.41, 5.74) is 3.56. The van der Waals surface area contributed by atoms with Crippen LogP contribution in [0.3, 0.4) is 0 Å². The van der Waals surface area contributed by atoms with E-state index in [0.717, 1.165) is 24.7 Å². The lowest BCUT2D eigenvalue weighted by Gasteiger charge is -2.73.